The van der Waals surface area contributed by atoms with Crippen LogP contribution in [0.25, 0.3) is 11.1 Å². The molecule has 3 aromatic rings. The van der Waals surface area contributed by atoms with Crippen molar-refractivity contribution in [1.82, 2.24) is 4.57 Å². The van der Waals surface area contributed by atoms with Gasteiger partial charge >= 0.3 is 6.03 Å². The van der Waals surface area contributed by atoms with Gasteiger partial charge in [-0.3, -0.25) is 4.79 Å². The van der Waals surface area contributed by atoms with E-state index in [9.17, 15) is 9.59 Å². The highest BCUT2D eigenvalue weighted by molar-refractivity contribution is 9.10. The van der Waals surface area contributed by atoms with Gasteiger partial charge in [0, 0.05) is 28.5 Å². The first-order valence-electron chi connectivity index (χ1n) is 11.9. The summed E-state index contributed by atoms with van der Waals surface area (Å²) in [5.41, 5.74) is 4.58. The van der Waals surface area contributed by atoms with E-state index in [0.717, 1.165) is 39.7 Å². The summed E-state index contributed by atoms with van der Waals surface area (Å²) < 4.78 is 2.57. The van der Waals surface area contributed by atoms with E-state index in [4.69, 9.17) is 0 Å². The van der Waals surface area contributed by atoms with E-state index < -0.39 is 6.03 Å². The maximum Gasteiger partial charge on any atom is 0.323 e. The second-order valence-corrected chi connectivity index (χ2v) is 10.1. The first-order valence-corrected chi connectivity index (χ1v) is 12.7. The molecule has 2 aromatic carbocycles. The quantitative estimate of drug-likeness (QED) is 0.314. The predicted molar refractivity (Wildman–Crippen MR) is 146 cm³/mol. The number of carbonyl (C=O) groups excluding carboxylic acids is 1. The van der Waals surface area contributed by atoms with Gasteiger partial charge in [-0.15, -0.1) is 0 Å². The summed E-state index contributed by atoms with van der Waals surface area (Å²) >= 11 is 3.51. The van der Waals surface area contributed by atoms with Crippen molar-refractivity contribution < 1.29 is 4.79 Å². The summed E-state index contributed by atoms with van der Waals surface area (Å²) in [4.78, 5) is 26.7. The van der Waals surface area contributed by atoms with Gasteiger partial charge in [-0.05, 0) is 53.1 Å². The SMILES string of the molecule is CCCCn1ccc(-c2cccc(Br)c2)c(NC(=O)Nc2c(C(C)C)cccc2C(C)C)c1=O. The van der Waals surface area contributed by atoms with E-state index in [1.807, 2.05) is 54.7 Å². The second-order valence-electron chi connectivity index (χ2n) is 9.17. The van der Waals surface area contributed by atoms with E-state index in [0.29, 0.717) is 12.1 Å². The van der Waals surface area contributed by atoms with Gasteiger partial charge < -0.3 is 15.2 Å². The molecule has 6 heteroatoms. The van der Waals surface area contributed by atoms with Crippen LogP contribution in [-0.4, -0.2) is 10.6 Å². The molecule has 34 heavy (non-hydrogen) atoms. The first-order chi connectivity index (χ1) is 16.2. The number of aryl methyl sites for hydroxylation is 1. The van der Waals surface area contributed by atoms with Crippen molar-refractivity contribution >= 4 is 33.3 Å². The number of rotatable bonds is 8. The van der Waals surface area contributed by atoms with Crippen LogP contribution in [0.4, 0.5) is 16.2 Å². The molecule has 0 atom stereocenters. The Morgan fingerprint density at radius 3 is 2.15 bits per heavy atom. The van der Waals surface area contributed by atoms with Gasteiger partial charge in [0.1, 0.15) is 5.69 Å². The summed E-state index contributed by atoms with van der Waals surface area (Å²) in [7, 11) is 0. The van der Waals surface area contributed by atoms with Gasteiger partial charge in [0.15, 0.2) is 0 Å². The monoisotopic (exact) mass is 523 g/mol. The Balaban J connectivity index is 2.03. The van der Waals surface area contributed by atoms with Crippen LogP contribution < -0.4 is 16.2 Å². The maximum atomic E-state index is 13.4. The lowest BCUT2D eigenvalue weighted by atomic mass is 9.93. The smallest absolute Gasteiger partial charge is 0.314 e. The highest BCUT2D eigenvalue weighted by atomic mass is 79.9. The number of aromatic nitrogens is 1. The zero-order chi connectivity index (χ0) is 24.8. The Bertz CT molecular complexity index is 1190. The van der Waals surface area contributed by atoms with Crippen molar-refractivity contribution in [2.75, 3.05) is 10.6 Å². The minimum atomic E-state index is -0.420. The van der Waals surface area contributed by atoms with E-state index >= 15 is 0 Å². The molecule has 3 rings (SSSR count). The van der Waals surface area contributed by atoms with Crippen molar-refractivity contribution in [3.63, 3.8) is 0 Å². The Labute approximate surface area is 210 Å². The highest BCUT2D eigenvalue weighted by Crippen LogP contribution is 2.33. The molecule has 180 valence electrons. The molecule has 0 aliphatic rings. The molecule has 5 nitrogen and oxygen atoms in total. The van der Waals surface area contributed by atoms with E-state index in [-0.39, 0.29) is 23.1 Å². The average molecular weight is 525 g/mol. The molecule has 0 spiro atoms. The van der Waals surface area contributed by atoms with Crippen LogP contribution >= 0.6 is 15.9 Å². The number of nitrogens with one attached hydrogen (secondary N) is 2. The number of urea groups is 1. The number of pyridine rings is 1. The minimum Gasteiger partial charge on any atom is -0.314 e. The number of benzene rings is 2. The molecule has 0 saturated carbocycles. The Morgan fingerprint density at radius 2 is 1.56 bits per heavy atom. The Kier molecular flexibility index (Phi) is 8.72. The highest BCUT2D eigenvalue weighted by Gasteiger charge is 2.19. The minimum absolute atomic E-state index is 0.206. The number of halogens is 1. The number of carbonyl (C=O) groups is 1. The van der Waals surface area contributed by atoms with E-state index in [1.165, 1.54) is 0 Å². The molecular weight excluding hydrogens is 490 g/mol. The van der Waals surface area contributed by atoms with Crippen LogP contribution in [0.2, 0.25) is 0 Å². The molecule has 2 amide bonds. The molecule has 0 saturated heterocycles. The van der Waals surface area contributed by atoms with Crippen molar-refractivity contribution in [2.24, 2.45) is 0 Å². The summed E-state index contributed by atoms with van der Waals surface area (Å²) in [6, 6.07) is 15.3. The lowest BCUT2D eigenvalue weighted by Crippen LogP contribution is -2.29. The number of para-hydroxylation sites is 1. The summed E-state index contributed by atoms with van der Waals surface area (Å²) in [5.74, 6) is 0.489. The Hall–Kier alpha value is -2.86. The van der Waals surface area contributed by atoms with Crippen molar-refractivity contribution in [3.8, 4) is 11.1 Å². The van der Waals surface area contributed by atoms with Gasteiger partial charge in [0.2, 0.25) is 0 Å². The molecule has 0 bridgehead atoms. The molecule has 0 aliphatic heterocycles. The van der Waals surface area contributed by atoms with Gasteiger partial charge in [0.05, 0.1) is 0 Å². The fraction of sp³-hybridized carbons (Fsp3) is 0.357. The molecule has 0 fully saturated rings. The van der Waals surface area contributed by atoms with Crippen LogP contribution in [0.15, 0.2) is 64.0 Å². The molecule has 0 unspecified atom stereocenters. The van der Waals surface area contributed by atoms with Crippen LogP contribution in [-0.2, 0) is 6.54 Å². The molecule has 0 radical (unpaired) electrons. The van der Waals surface area contributed by atoms with Gasteiger partial charge in [0.25, 0.3) is 5.56 Å². The van der Waals surface area contributed by atoms with Crippen molar-refractivity contribution in [1.29, 1.82) is 0 Å². The molecule has 1 heterocycles. The maximum absolute atomic E-state index is 13.4. The standard InChI is InChI=1S/C28H34BrN3O2/c1-6-7-15-32-16-14-24(20-10-8-11-21(29)17-20)26(27(32)33)31-28(34)30-25-22(18(2)3)12-9-13-23(25)19(4)5/h8-14,16-19H,6-7,15H2,1-5H3,(H2,30,31,34). The number of amides is 2. The predicted octanol–water partition coefficient (Wildman–Crippen LogP) is 7.97. The van der Waals surface area contributed by atoms with Gasteiger partial charge in [-0.2, -0.15) is 0 Å². The number of hydrogen-bond acceptors (Lipinski definition) is 2. The van der Waals surface area contributed by atoms with E-state index in [2.05, 4.69) is 61.2 Å². The van der Waals surface area contributed by atoms with Crippen LogP contribution in [0.1, 0.15) is 70.4 Å². The number of unbranched alkanes of at least 4 members (excludes halogenated alkanes) is 1. The van der Waals surface area contributed by atoms with Gasteiger partial charge in [-0.25, -0.2) is 4.79 Å². The summed E-state index contributed by atoms with van der Waals surface area (Å²) in [6.45, 7) is 11.1. The zero-order valence-corrected chi connectivity index (χ0v) is 22.2. The molecule has 0 aliphatic carbocycles. The zero-order valence-electron chi connectivity index (χ0n) is 20.6. The van der Waals surface area contributed by atoms with Crippen molar-refractivity contribution in [2.45, 2.75) is 65.8 Å². The van der Waals surface area contributed by atoms with Crippen LogP contribution in [0, 0.1) is 0 Å². The Morgan fingerprint density at radius 1 is 0.941 bits per heavy atom. The fourth-order valence-electron chi connectivity index (χ4n) is 4.05. The first kappa shape index (κ1) is 25.8. The molecule has 1 aromatic heterocycles. The normalized spacial score (nSPS) is 11.2. The van der Waals surface area contributed by atoms with Gasteiger partial charge in [-0.1, -0.05) is 87.3 Å². The largest absolute Gasteiger partial charge is 0.323 e. The summed E-state index contributed by atoms with van der Waals surface area (Å²) in [5, 5.41) is 5.96. The van der Waals surface area contributed by atoms with Crippen LogP contribution in [0.3, 0.4) is 0 Å². The number of nitrogens with zero attached hydrogens (tertiary/aromatic N) is 1. The number of hydrogen-bond donors (Lipinski definition) is 2. The third kappa shape index (κ3) is 5.98. The summed E-state index contributed by atoms with van der Waals surface area (Å²) in [6.07, 6.45) is 3.68. The molecular formula is C28H34BrN3O2. The second kappa shape index (κ2) is 11.5. The third-order valence-corrected chi connectivity index (χ3v) is 6.40. The number of anilines is 2. The fourth-order valence-corrected chi connectivity index (χ4v) is 4.45. The lowest BCUT2D eigenvalue weighted by Gasteiger charge is -2.21. The molecule has 2 N–H and O–H groups in total. The third-order valence-electron chi connectivity index (χ3n) is 5.90. The average Bonchev–Trinajstić information content (AvgIpc) is 2.79. The van der Waals surface area contributed by atoms with E-state index in [1.54, 1.807) is 4.57 Å². The van der Waals surface area contributed by atoms with Crippen molar-refractivity contribution in [3.05, 3.63) is 80.7 Å². The van der Waals surface area contributed by atoms with Crippen LogP contribution in [0.5, 0.6) is 0 Å². The topological polar surface area (TPSA) is 63.1 Å². The lowest BCUT2D eigenvalue weighted by molar-refractivity contribution is 0.262.